The van der Waals surface area contributed by atoms with Crippen LogP contribution >= 0.6 is 0 Å². The van der Waals surface area contributed by atoms with Gasteiger partial charge in [-0.2, -0.15) is 4.98 Å². The second-order valence-corrected chi connectivity index (χ2v) is 17.0. The van der Waals surface area contributed by atoms with E-state index in [0.29, 0.717) is 60.0 Å². The van der Waals surface area contributed by atoms with E-state index in [4.69, 9.17) is 4.74 Å². The molecule has 3 unspecified atom stereocenters. The van der Waals surface area contributed by atoms with Crippen LogP contribution in [-0.4, -0.2) is 52.6 Å². The molecule has 0 radical (unpaired) electrons. The minimum atomic E-state index is -0.749. The fraction of sp³-hybridized carbons (Fsp3) is 0.619. The Balaban J connectivity index is 1.11. The van der Waals surface area contributed by atoms with Crippen LogP contribution in [0.25, 0.3) is 10.9 Å². The summed E-state index contributed by atoms with van der Waals surface area (Å²) in [5, 5.41) is 10.8. The number of benzene rings is 2. The fourth-order valence-corrected chi connectivity index (χ4v) is 10.2. The Morgan fingerprint density at radius 2 is 1.59 bits per heavy atom. The quantitative estimate of drug-likeness (QED) is 0.195. The molecule has 2 heterocycles. The van der Waals surface area contributed by atoms with Gasteiger partial charge in [0.1, 0.15) is 24.5 Å². The van der Waals surface area contributed by atoms with Gasteiger partial charge < -0.3 is 20.7 Å². The Kier molecular flexibility index (Phi) is 10.2. The van der Waals surface area contributed by atoms with Crippen molar-refractivity contribution in [1.29, 1.82) is 0 Å². The molecule has 3 aliphatic carbocycles. The summed E-state index contributed by atoms with van der Waals surface area (Å²) in [5.74, 6) is 0.860. The topological polar surface area (TPSA) is 114 Å². The van der Waals surface area contributed by atoms with Gasteiger partial charge in [-0.15, -0.1) is 0 Å². The highest BCUT2D eigenvalue weighted by Crippen LogP contribution is 2.82. The van der Waals surface area contributed by atoms with Gasteiger partial charge in [0.2, 0.25) is 5.91 Å². The zero-order valence-electron chi connectivity index (χ0n) is 31.0. The molecule has 1 spiro atoms. The van der Waals surface area contributed by atoms with E-state index in [1.54, 1.807) is 0 Å². The molecule has 274 valence electrons. The monoisotopic (exact) mass is 695 g/mol. The Labute approximate surface area is 302 Å². The van der Waals surface area contributed by atoms with Crippen molar-refractivity contribution in [3.63, 3.8) is 0 Å². The Hall–Kier alpha value is -3.56. The highest BCUT2D eigenvalue weighted by Gasteiger charge is 2.75. The van der Waals surface area contributed by atoms with Gasteiger partial charge >= 0.3 is 5.69 Å². The van der Waals surface area contributed by atoms with E-state index in [-0.39, 0.29) is 24.0 Å². The number of carbonyl (C=O) groups excluding carboxylic acids is 2. The third-order valence-corrected chi connectivity index (χ3v) is 14.1. The summed E-state index contributed by atoms with van der Waals surface area (Å²) in [7, 11) is 0. The van der Waals surface area contributed by atoms with Gasteiger partial charge in [0.25, 0.3) is 0 Å². The number of fused-ring (bicyclic) bond motifs is 1. The minimum Gasteiger partial charge on any atom is -0.366 e. The maximum Gasteiger partial charge on any atom is 0.350 e. The second kappa shape index (κ2) is 14.5. The average Bonchev–Trinajstić information content (AvgIpc) is 3.31. The SMILES string of the molecule is CC1(C)C(C)(C)C12CCC(CC(Nc1nc(=O)n(CC3CCCCC3)c3ccccc13)C(=O)NC1C(=O)COC1CNCc1ccccc1)CC2. The van der Waals surface area contributed by atoms with Gasteiger partial charge in [0.15, 0.2) is 5.78 Å². The Morgan fingerprint density at radius 3 is 2.29 bits per heavy atom. The molecule has 9 heteroatoms. The molecule has 4 fully saturated rings. The lowest BCUT2D eigenvalue weighted by molar-refractivity contribution is -0.127. The summed E-state index contributed by atoms with van der Waals surface area (Å²) in [6.07, 6.45) is 10.5. The maximum absolute atomic E-state index is 14.3. The normalized spacial score (nSPS) is 24.8. The van der Waals surface area contributed by atoms with Crippen LogP contribution in [0.15, 0.2) is 59.4 Å². The maximum atomic E-state index is 14.3. The number of ketones is 1. The first-order chi connectivity index (χ1) is 24.5. The lowest BCUT2D eigenvalue weighted by Gasteiger charge is -2.34. The zero-order chi connectivity index (χ0) is 35.8. The van der Waals surface area contributed by atoms with Crippen molar-refractivity contribution in [3.8, 4) is 0 Å². The molecule has 1 saturated heterocycles. The van der Waals surface area contributed by atoms with E-state index in [0.717, 1.165) is 55.0 Å². The van der Waals surface area contributed by atoms with E-state index >= 15 is 0 Å². The van der Waals surface area contributed by atoms with Crippen molar-refractivity contribution in [2.45, 2.75) is 123 Å². The van der Waals surface area contributed by atoms with Crippen molar-refractivity contribution < 1.29 is 14.3 Å². The first-order valence-electron chi connectivity index (χ1n) is 19.5. The molecule has 3 aromatic rings. The molecule has 3 saturated carbocycles. The van der Waals surface area contributed by atoms with Crippen LogP contribution < -0.4 is 21.6 Å². The number of rotatable bonds is 12. The van der Waals surface area contributed by atoms with E-state index in [1.165, 1.54) is 19.3 Å². The summed E-state index contributed by atoms with van der Waals surface area (Å²) in [4.78, 5) is 45.7. The largest absolute Gasteiger partial charge is 0.366 e. The van der Waals surface area contributed by atoms with Crippen molar-refractivity contribution in [3.05, 3.63) is 70.6 Å². The molecule has 51 heavy (non-hydrogen) atoms. The van der Waals surface area contributed by atoms with Crippen LogP contribution in [0.5, 0.6) is 0 Å². The number of para-hydroxylation sites is 1. The first-order valence-corrected chi connectivity index (χ1v) is 19.5. The van der Waals surface area contributed by atoms with Gasteiger partial charge in [-0.1, -0.05) is 89.4 Å². The number of anilines is 1. The summed E-state index contributed by atoms with van der Waals surface area (Å²) in [6, 6.07) is 16.6. The lowest BCUT2D eigenvalue weighted by atomic mass is 9.72. The standard InChI is InChI=1S/C42H57N5O4/c1-40(2)41(3,4)42(40)21-19-28(20-22-42)23-32(38(49)45-36-34(48)27-51-35(36)25-43-24-29-13-7-5-8-14-29)44-37-31-17-11-12-18-33(31)47(39(50)46-37)26-30-15-9-6-10-16-30/h5,7-8,11-14,17-18,28,30,32,35-36,43H,6,9-10,15-16,19-27H2,1-4H3,(H,45,49)(H,44,46,50). The van der Waals surface area contributed by atoms with Crippen molar-refractivity contribution >= 4 is 28.4 Å². The number of ether oxygens (including phenoxy) is 1. The van der Waals surface area contributed by atoms with Crippen LogP contribution in [0.2, 0.25) is 0 Å². The molecule has 3 N–H and O–H groups in total. The third-order valence-electron chi connectivity index (χ3n) is 14.1. The van der Waals surface area contributed by atoms with Crippen molar-refractivity contribution in [2.75, 3.05) is 18.5 Å². The number of hydrogen-bond acceptors (Lipinski definition) is 7. The van der Waals surface area contributed by atoms with Crippen molar-refractivity contribution in [2.24, 2.45) is 28.1 Å². The van der Waals surface area contributed by atoms with Crippen LogP contribution in [0, 0.1) is 28.1 Å². The van der Waals surface area contributed by atoms with Gasteiger partial charge in [0.05, 0.1) is 11.6 Å². The predicted molar refractivity (Wildman–Crippen MR) is 201 cm³/mol. The van der Waals surface area contributed by atoms with Crippen LogP contribution in [-0.2, 0) is 27.4 Å². The average molecular weight is 696 g/mol. The fourth-order valence-electron chi connectivity index (χ4n) is 10.2. The van der Waals surface area contributed by atoms with Gasteiger partial charge in [-0.05, 0) is 90.7 Å². The molecule has 0 bridgehead atoms. The number of hydrogen-bond donors (Lipinski definition) is 3. The van der Waals surface area contributed by atoms with E-state index < -0.39 is 18.2 Å². The smallest absolute Gasteiger partial charge is 0.350 e. The van der Waals surface area contributed by atoms with E-state index in [1.807, 2.05) is 59.2 Å². The number of nitrogens with zero attached hydrogens (tertiary/aromatic N) is 2. The first kappa shape index (κ1) is 35.8. The summed E-state index contributed by atoms with van der Waals surface area (Å²) in [5.41, 5.74) is 2.64. The van der Waals surface area contributed by atoms with Crippen molar-refractivity contribution in [1.82, 2.24) is 20.2 Å². The zero-order valence-corrected chi connectivity index (χ0v) is 31.0. The predicted octanol–water partition coefficient (Wildman–Crippen LogP) is 6.63. The number of carbonyl (C=O) groups is 2. The number of Topliss-reactive ketones (excluding diaryl/α,β-unsaturated/α-hetero) is 1. The summed E-state index contributed by atoms with van der Waals surface area (Å²) in [6.45, 7) is 11.3. The van der Waals surface area contributed by atoms with Gasteiger partial charge in [-0.25, -0.2) is 4.79 Å². The summed E-state index contributed by atoms with van der Waals surface area (Å²) < 4.78 is 7.71. The number of amides is 1. The molecule has 2 aromatic carbocycles. The summed E-state index contributed by atoms with van der Waals surface area (Å²) >= 11 is 0. The Bertz CT molecular complexity index is 1750. The molecule has 1 aromatic heterocycles. The second-order valence-electron chi connectivity index (χ2n) is 17.0. The minimum absolute atomic E-state index is 0.0254. The molecule has 1 aliphatic heterocycles. The third kappa shape index (κ3) is 6.88. The molecule has 1 amide bonds. The highest BCUT2D eigenvalue weighted by molar-refractivity contribution is 5.96. The van der Waals surface area contributed by atoms with Crippen LogP contribution in [0.1, 0.15) is 97.5 Å². The number of aromatic nitrogens is 2. The molecular weight excluding hydrogens is 638 g/mol. The number of nitrogens with one attached hydrogen (secondary N) is 3. The Morgan fingerprint density at radius 1 is 0.902 bits per heavy atom. The van der Waals surface area contributed by atoms with Gasteiger partial charge in [0, 0.05) is 25.0 Å². The molecular formula is C42H57N5O4. The molecule has 7 rings (SSSR count). The van der Waals surface area contributed by atoms with E-state index in [2.05, 4.69) is 48.6 Å². The van der Waals surface area contributed by atoms with Crippen LogP contribution in [0.3, 0.4) is 0 Å². The lowest BCUT2D eigenvalue weighted by Crippen LogP contribution is -2.52. The van der Waals surface area contributed by atoms with E-state index in [9.17, 15) is 14.4 Å². The molecule has 3 atom stereocenters. The van der Waals surface area contributed by atoms with Gasteiger partial charge in [-0.3, -0.25) is 14.2 Å². The highest BCUT2D eigenvalue weighted by atomic mass is 16.5. The van der Waals surface area contributed by atoms with Crippen LogP contribution in [0.4, 0.5) is 5.82 Å². The molecule has 9 nitrogen and oxygen atoms in total. The molecule has 4 aliphatic rings.